The van der Waals surface area contributed by atoms with E-state index < -0.39 is 0 Å². The molecule has 1 atom stereocenters. The van der Waals surface area contributed by atoms with Crippen LogP contribution in [-0.2, 0) is 11.2 Å². The van der Waals surface area contributed by atoms with Gasteiger partial charge in [-0.3, -0.25) is 4.79 Å². The Hall–Kier alpha value is -2.95. The number of aryl methyl sites for hydroxylation is 1. The number of aromatic nitrogens is 1. The number of hydrogen-bond acceptors (Lipinski definition) is 3. The van der Waals surface area contributed by atoms with Gasteiger partial charge in [0.25, 0.3) is 0 Å². The number of rotatable bonds is 8. The van der Waals surface area contributed by atoms with Gasteiger partial charge in [-0.15, -0.1) is 0 Å². The zero-order valence-electron chi connectivity index (χ0n) is 16.9. The van der Waals surface area contributed by atoms with Crippen LogP contribution in [0, 0.1) is 0 Å². The molecule has 0 saturated carbocycles. The molecule has 2 aromatic carbocycles. The van der Waals surface area contributed by atoms with Gasteiger partial charge < -0.3 is 19.4 Å². The molecule has 5 nitrogen and oxygen atoms in total. The number of H-pyrrole nitrogens is 1. The Labute approximate surface area is 171 Å². The maximum atomic E-state index is 12.9. The molecule has 152 valence electrons. The van der Waals surface area contributed by atoms with Crippen molar-refractivity contribution in [2.75, 3.05) is 19.7 Å². The number of amides is 1. The zero-order valence-corrected chi connectivity index (χ0v) is 16.9. The number of para-hydroxylation sites is 3. The first kappa shape index (κ1) is 19.4. The van der Waals surface area contributed by atoms with E-state index in [9.17, 15) is 4.79 Å². The van der Waals surface area contributed by atoms with Gasteiger partial charge in [0.1, 0.15) is 6.61 Å². The van der Waals surface area contributed by atoms with E-state index in [1.54, 1.807) is 0 Å². The molecule has 4 rings (SSSR count). The lowest BCUT2D eigenvalue weighted by molar-refractivity contribution is -0.132. The highest BCUT2D eigenvalue weighted by Gasteiger charge is 2.25. The number of hydrogen-bond donors (Lipinski definition) is 1. The zero-order chi connectivity index (χ0) is 20.1. The lowest BCUT2D eigenvalue weighted by Crippen LogP contribution is -2.44. The minimum Gasteiger partial charge on any atom is -0.486 e. The third-order valence-electron chi connectivity index (χ3n) is 5.35. The Morgan fingerprint density at radius 1 is 1.14 bits per heavy atom. The Bertz CT molecular complexity index is 965. The molecule has 3 aromatic rings. The summed E-state index contributed by atoms with van der Waals surface area (Å²) in [6.07, 6.45) is 5.14. The highest BCUT2D eigenvalue weighted by atomic mass is 16.6. The first-order valence-electron chi connectivity index (χ1n) is 10.5. The number of benzene rings is 2. The molecule has 1 amide bonds. The predicted molar refractivity (Wildman–Crippen MR) is 114 cm³/mol. The van der Waals surface area contributed by atoms with Crippen LogP contribution in [0.25, 0.3) is 10.9 Å². The van der Waals surface area contributed by atoms with Crippen molar-refractivity contribution in [3.63, 3.8) is 0 Å². The highest BCUT2D eigenvalue weighted by Crippen LogP contribution is 2.31. The van der Waals surface area contributed by atoms with Crippen LogP contribution in [0.4, 0.5) is 0 Å². The highest BCUT2D eigenvalue weighted by molar-refractivity contribution is 5.83. The molecule has 1 unspecified atom stereocenters. The van der Waals surface area contributed by atoms with Gasteiger partial charge in [0, 0.05) is 30.1 Å². The third-order valence-corrected chi connectivity index (χ3v) is 5.35. The van der Waals surface area contributed by atoms with Crippen LogP contribution >= 0.6 is 0 Å². The van der Waals surface area contributed by atoms with Gasteiger partial charge in [0.2, 0.25) is 5.91 Å². The van der Waals surface area contributed by atoms with E-state index in [0.29, 0.717) is 19.6 Å². The van der Waals surface area contributed by atoms with E-state index in [1.807, 2.05) is 35.2 Å². The summed E-state index contributed by atoms with van der Waals surface area (Å²) in [7, 11) is 0. The van der Waals surface area contributed by atoms with Gasteiger partial charge in [0.05, 0.1) is 6.54 Å². The second-order valence-corrected chi connectivity index (χ2v) is 7.55. The maximum Gasteiger partial charge on any atom is 0.222 e. The summed E-state index contributed by atoms with van der Waals surface area (Å²) in [6.45, 7) is 3.88. The second-order valence-electron chi connectivity index (χ2n) is 7.55. The summed E-state index contributed by atoms with van der Waals surface area (Å²) >= 11 is 0. The fourth-order valence-electron chi connectivity index (χ4n) is 3.91. The molecule has 0 spiro atoms. The average Bonchev–Trinajstić information content (AvgIpc) is 3.16. The van der Waals surface area contributed by atoms with Crippen LogP contribution in [-0.4, -0.2) is 41.6 Å². The van der Waals surface area contributed by atoms with Crippen LogP contribution in [0.3, 0.4) is 0 Å². The van der Waals surface area contributed by atoms with Crippen molar-refractivity contribution in [1.82, 2.24) is 9.88 Å². The summed E-state index contributed by atoms with van der Waals surface area (Å²) < 4.78 is 11.8. The number of carbonyl (C=O) groups excluding carboxylic acids is 1. The largest absolute Gasteiger partial charge is 0.486 e. The van der Waals surface area contributed by atoms with Crippen LogP contribution in [0.15, 0.2) is 54.7 Å². The minimum absolute atomic E-state index is 0.131. The third kappa shape index (κ3) is 4.56. The number of ether oxygens (including phenoxy) is 2. The van der Waals surface area contributed by atoms with Crippen molar-refractivity contribution in [2.45, 2.75) is 38.7 Å². The number of nitrogens with zero attached hydrogens (tertiary/aromatic N) is 1. The lowest BCUT2D eigenvalue weighted by Gasteiger charge is -2.31. The summed E-state index contributed by atoms with van der Waals surface area (Å²) in [5.74, 6) is 1.72. The molecule has 0 aliphatic carbocycles. The number of aromatic amines is 1. The molecule has 1 aliphatic rings. The Morgan fingerprint density at radius 3 is 2.79 bits per heavy atom. The predicted octanol–water partition coefficient (Wildman–Crippen LogP) is 4.57. The van der Waals surface area contributed by atoms with Crippen LogP contribution < -0.4 is 9.47 Å². The van der Waals surface area contributed by atoms with E-state index >= 15 is 0 Å². The number of nitrogens with one attached hydrogen (secondary N) is 1. The van der Waals surface area contributed by atoms with Crippen molar-refractivity contribution in [3.05, 3.63) is 60.3 Å². The Balaban J connectivity index is 1.31. The van der Waals surface area contributed by atoms with Gasteiger partial charge >= 0.3 is 0 Å². The first-order valence-corrected chi connectivity index (χ1v) is 10.5. The van der Waals surface area contributed by atoms with Crippen molar-refractivity contribution in [1.29, 1.82) is 0 Å². The smallest absolute Gasteiger partial charge is 0.222 e. The molecule has 0 fully saturated rings. The maximum absolute atomic E-state index is 12.9. The lowest BCUT2D eigenvalue weighted by atomic mass is 10.1. The fourth-order valence-corrected chi connectivity index (χ4v) is 3.91. The summed E-state index contributed by atoms with van der Waals surface area (Å²) in [4.78, 5) is 18.1. The van der Waals surface area contributed by atoms with E-state index in [-0.39, 0.29) is 12.0 Å². The quantitative estimate of drug-likeness (QED) is 0.611. The van der Waals surface area contributed by atoms with Gasteiger partial charge in [-0.2, -0.15) is 0 Å². The first-order chi connectivity index (χ1) is 14.2. The minimum atomic E-state index is -0.131. The molecule has 1 N–H and O–H groups in total. The second kappa shape index (κ2) is 9.03. The van der Waals surface area contributed by atoms with Crippen LogP contribution in [0.1, 0.15) is 31.7 Å². The van der Waals surface area contributed by atoms with Crippen molar-refractivity contribution < 1.29 is 14.3 Å². The topological polar surface area (TPSA) is 54.6 Å². The van der Waals surface area contributed by atoms with Crippen molar-refractivity contribution in [3.8, 4) is 11.5 Å². The van der Waals surface area contributed by atoms with E-state index in [4.69, 9.17) is 9.47 Å². The summed E-state index contributed by atoms with van der Waals surface area (Å²) in [6, 6.07) is 16.0. The van der Waals surface area contributed by atoms with Crippen LogP contribution in [0.2, 0.25) is 0 Å². The Kier molecular flexibility index (Phi) is 6.03. The molecular weight excluding hydrogens is 364 g/mol. The fraction of sp³-hybridized carbons (Fsp3) is 0.375. The molecule has 1 aliphatic heterocycles. The van der Waals surface area contributed by atoms with Crippen molar-refractivity contribution in [2.24, 2.45) is 0 Å². The molecule has 2 heterocycles. The number of fused-ring (bicyclic) bond motifs is 2. The van der Waals surface area contributed by atoms with Gasteiger partial charge in [-0.05, 0) is 43.0 Å². The van der Waals surface area contributed by atoms with Gasteiger partial charge in [-0.25, -0.2) is 0 Å². The molecule has 0 radical (unpaired) electrons. The molecule has 1 aromatic heterocycles. The van der Waals surface area contributed by atoms with E-state index in [2.05, 4.69) is 36.3 Å². The molecule has 29 heavy (non-hydrogen) atoms. The average molecular weight is 392 g/mol. The standard InChI is InChI=1S/C24H28N2O3/c1-2-14-26(16-19-17-28-22-11-5-6-12-23(22)29-19)24(27)13-7-8-18-15-25-21-10-4-3-9-20(18)21/h3-6,9-12,15,19,25H,2,7-8,13-14,16-17H2,1H3. The SMILES string of the molecule is CCCN(CC1COc2ccccc2O1)C(=O)CCCc1c[nH]c2ccccc12. The molecular formula is C24H28N2O3. The van der Waals surface area contributed by atoms with Gasteiger partial charge in [0.15, 0.2) is 17.6 Å². The molecule has 0 saturated heterocycles. The monoisotopic (exact) mass is 392 g/mol. The Morgan fingerprint density at radius 2 is 1.93 bits per heavy atom. The summed E-state index contributed by atoms with van der Waals surface area (Å²) in [5.41, 5.74) is 2.42. The van der Waals surface area contributed by atoms with Gasteiger partial charge in [-0.1, -0.05) is 37.3 Å². The molecule has 0 bridgehead atoms. The van der Waals surface area contributed by atoms with E-state index in [0.717, 1.165) is 42.8 Å². The normalized spacial score (nSPS) is 15.4. The van der Waals surface area contributed by atoms with Crippen LogP contribution in [0.5, 0.6) is 11.5 Å². The number of carbonyl (C=O) groups is 1. The van der Waals surface area contributed by atoms with E-state index in [1.165, 1.54) is 10.9 Å². The summed E-state index contributed by atoms with van der Waals surface area (Å²) in [5, 5.41) is 1.25. The molecule has 5 heteroatoms. The van der Waals surface area contributed by atoms with Crippen molar-refractivity contribution >= 4 is 16.8 Å².